The van der Waals surface area contributed by atoms with Crippen molar-refractivity contribution in [2.24, 2.45) is 5.41 Å². The van der Waals surface area contributed by atoms with E-state index in [1.54, 1.807) is 39.5 Å². The van der Waals surface area contributed by atoms with Crippen LogP contribution in [0.4, 0.5) is 5.69 Å². The van der Waals surface area contributed by atoms with E-state index in [0.29, 0.717) is 30.3 Å². The second kappa shape index (κ2) is 6.78. The molecular weight excluding hydrogens is 272 g/mol. The molecule has 2 N–H and O–H groups in total. The van der Waals surface area contributed by atoms with Gasteiger partial charge in [-0.15, -0.1) is 0 Å². The van der Waals surface area contributed by atoms with Gasteiger partial charge in [-0.2, -0.15) is 0 Å². The van der Waals surface area contributed by atoms with Crippen LogP contribution in [-0.2, 0) is 9.53 Å². The number of carbonyl (C=O) groups is 1. The van der Waals surface area contributed by atoms with Crippen LogP contribution in [0.2, 0.25) is 0 Å². The number of nitrogens with one attached hydrogen (secondary N) is 2. The number of amides is 1. The van der Waals surface area contributed by atoms with E-state index in [-0.39, 0.29) is 5.91 Å². The number of ether oxygens (including phenoxy) is 3. The fraction of sp³-hybridized carbons (Fsp3) is 0.533. The highest BCUT2D eigenvalue weighted by Crippen LogP contribution is 2.32. The third-order valence-electron chi connectivity index (χ3n) is 3.79. The van der Waals surface area contributed by atoms with Gasteiger partial charge in [0.05, 0.1) is 26.2 Å². The lowest BCUT2D eigenvalue weighted by Gasteiger charge is -2.26. The first-order valence-corrected chi connectivity index (χ1v) is 6.88. The smallest absolute Gasteiger partial charge is 0.234 e. The van der Waals surface area contributed by atoms with Gasteiger partial charge in [0, 0.05) is 25.4 Å². The van der Waals surface area contributed by atoms with Crippen molar-refractivity contribution in [1.82, 2.24) is 5.32 Å². The Kier molecular flexibility index (Phi) is 5.03. The molecule has 1 atom stereocenters. The van der Waals surface area contributed by atoms with Crippen molar-refractivity contribution in [3.8, 4) is 11.5 Å². The maximum absolute atomic E-state index is 12.6. The molecule has 0 radical (unpaired) electrons. The van der Waals surface area contributed by atoms with Gasteiger partial charge in [-0.1, -0.05) is 0 Å². The third-order valence-corrected chi connectivity index (χ3v) is 3.79. The zero-order valence-electron chi connectivity index (χ0n) is 12.7. The largest absolute Gasteiger partial charge is 0.493 e. The van der Waals surface area contributed by atoms with E-state index < -0.39 is 5.41 Å². The molecular formula is C15H22N2O4. The van der Waals surface area contributed by atoms with Crippen LogP contribution in [0, 0.1) is 5.41 Å². The van der Waals surface area contributed by atoms with Crippen molar-refractivity contribution in [1.29, 1.82) is 0 Å². The Bertz CT molecular complexity index is 498. The maximum atomic E-state index is 12.6. The molecule has 0 saturated carbocycles. The SMILES string of the molecule is COCC1(C(=O)Nc2ccc(OC)c(OC)c2)CCNC1. The standard InChI is InChI=1S/C15H22N2O4/c1-19-10-15(6-7-16-9-15)14(18)17-11-4-5-12(20-2)13(8-11)21-3/h4-5,8,16H,6-7,9-10H2,1-3H3,(H,17,18). The van der Waals surface area contributed by atoms with Crippen LogP contribution in [0.5, 0.6) is 11.5 Å². The average molecular weight is 294 g/mol. The molecule has 0 bridgehead atoms. The number of carbonyl (C=O) groups excluding carboxylic acids is 1. The van der Waals surface area contributed by atoms with Gasteiger partial charge in [0.15, 0.2) is 11.5 Å². The third kappa shape index (κ3) is 3.28. The van der Waals surface area contributed by atoms with Crippen molar-refractivity contribution in [2.75, 3.05) is 46.3 Å². The molecule has 1 fully saturated rings. The summed E-state index contributed by atoms with van der Waals surface area (Å²) in [7, 11) is 4.76. The summed E-state index contributed by atoms with van der Waals surface area (Å²) in [5, 5.41) is 6.16. The Balaban J connectivity index is 2.15. The summed E-state index contributed by atoms with van der Waals surface area (Å²) in [5.41, 5.74) is 0.169. The molecule has 0 aliphatic carbocycles. The van der Waals surface area contributed by atoms with Crippen LogP contribution in [0.25, 0.3) is 0 Å². The van der Waals surface area contributed by atoms with Gasteiger partial charge in [0.1, 0.15) is 0 Å². The Morgan fingerprint density at radius 2 is 2.05 bits per heavy atom. The van der Waals surface area contributed by atoms with Gasteiger partial charge in [0.25, 0.3) is 0 Å². The first-order valence-electron chi connectivity index (χ1n) is 6.88. The number of benzene rings is 1. The summed E-state index contributed by atoms with van der Waals surface area (Å²) < 4.78 is 15.7. The van der Waals surface area contributed by atoms with Crippen molar-refractivity contribution < 1.29 is 19.0 Å². The molecule has 1 aromatic rings. The van der Waals surface area contributed by atoms with Gasteiger partial charge in [-0.05, 0) is 25.1 Å². The van der Waals surface area contributed by atoms with Gasteiger partial charge in [0.2, 0.25) is 5.91 Å². The fourth-order valence-electron chi connectivity index (χ4n) is 2.58. The quantitative estimate of drug-likeness (QED) is 0.827. The van der Waals surface area contributed by atoms with Crippen LogP contribution in [0.3, 0.4) is 0 Å². The van der Waals surface area contributed by atoms with Gasteiger partial charge >= 0.3 is 0 Å². The Morgan fingerprint density at radius 3 is 2.62 bits per heavy atom. The maximum Gasteiger partial charge on any atom is 0.234 e. The molecule has 2 rings (SSSR count). The van der Waals surface area contributed by atoms with Gasteiger partial charge in [-0.3, -0.25) is 4.79 Å². The first-order chi connectivity index (χ1) is 10.1. The zero-order chi connectivity index (χ0) is 15.3. The minimum absolute atomic E-state index is 0.0402. The molecule has 0 aromatic heterocycles. The number of methoxy groups -OCH3 is 3. The van der Waals surface area contributed by atoms with E-state index in [4.69, 9.17) is 14.2 Å². The van der Waals surface area contributed by atoms with Crippen molar-refractivity contribution in [3.63, 3.8) is 0 Å². The van der Waals surface area contributed by atoms with E-state index in [0.717, 1.165) is 13.0 Å². The summed E-state index contributed by atoms with van der Waals surface area (Å²) in [4.78, 5) is 12.6. The molecule has 116 valence electrons. The van der Waals surface area contributed by atoms with Crippen molar-refractivity contribution >= 4 is 11.6 Å². The Hall–Kier alpha value is -1.79. The lowest BCUT2D eigenvalue weighted by molar-refractivity contribution is -0.127. The van der Waals surface area contributed by atoms with E-state index in [1.807, 2.05) is 0 Å². The second-order valence-electron chi connectivity index (χ2n) is 5.16. The van der Waals surface area contributed by atoms with Crippen LogP contribution in [-0.4, -0.2) is 46.9 Å². The molecule has 1 heterocycles. The summed E-state index contributed by atoms with van der Waals surface area (Å²) in [6, 6.07) is 5.31. The highest BCUT2D eigenvalue weighted by molar-refractivity contribution is 5.96. The van der Waals surface area contributed by atoms with E-state index in [1.165, 1.54) is 0 Å². The summed E-state index contributed by atoms with van der Waals surface area (Å²) >= 11 is 0. The fourth-order valence-corrected chi connectivity index (χ4v) is 2.58. The number of hydrogen-bond donors (Lipinski definition) is 2. The lowest BCUT2D eigenvalue weighted by Crippen LogP contribution is -2.41. The van der Waals surface area contributed by atoms with Gasteiger partial charge in [-0.25, -0.2) is 0 Å². The molecule has 1 aliphatic heterocycles. The predicted molar refractivity (Wildman–Crippen MR) is 80.0 cm³/mol. The highest BCUT2D eigenvalue weighted by Gasteiger charge is 2.41. The van der Waals surface area contributed by atoms with Crippen LogP contribution in [0.1, 0.15) is 6.42 Å². The molecule has 21 heavy (non-hydrogen) atoms. The van der Waals surface area contributed by atoms with E-state index in [9.17, 15) is 4.79 Å². The minimum atomic E-state index is -0.512. The molecule has 6 nitrogen and oxygen atoms in total. The molecule has 6 heteroatoms. The lowest BCUT2D eigenvalue weighted by atomic mass is 9.87. The number of anilines is 1. The van der Waals surface area contributed by atoms with Crippen LogP contribution < -0.4 is 20.1 Å². The predicted octanol–water partition coefficient (Wildman–Crippen LogP) is 1.27. The van der Waals surface area contributed by atoms with E-state index in [2.05, 4.69) is 10.6 Å². The molecule has 1 unspecified atom stereocenters. The Morgan fingerprint density at radius 1 is 1.29 bits per heavy atom. The zero-order valence-corrected chi connectivity index (χ0v) is 12.7. The first kappa shape index (κ1) is 15.6. The molecule has 1 aromatic carbocycles. The monoisotopic (exact) mass is 294 g/mol. The van der Waals surface area contributed by atoms with Crippen LogP contribution >= 0.6 is 0 Å². The summed E-state index contributed by atoms with van der Waals surface area (Å²) in [5.74, 6) is 1.17. The minimum Gasteiger partial charge on any atom is -0.493 e. The van der Waals surface area contributed by atoms with Crippen molar-refractivity contribution in [3.05, 3.63) is 18.2 Å². The number of hydrogen-bond acceptors (Lipinski definition) is 5. The van der Waals surface area contributed by atoms with Gasteiger partial charge < -0.3 is 24.8 Å². The molecule has 1 aliphatic rings. The van der Waals surface area contributed by atoms with E-state index >= 15 is 0 Å². The Labute approximate surface area is 124 Å². The highest BCUT2D eigenvalue weighted by atomic mass is 16.5. The molecule has 0 spiro atoms. The molecule has 1 saturated heterocycles. The summed E-state index contributed by atoms with van der Waals surface area (Å²) in [6.07, 6.45) is 0.764. The topological polar surface area (TPSA) is 68.8 Å². The molecule has 1 amide bonds. The van der Waals surface area contributed by atoms with Crippen LogP contribution in [0.15, 0.2) is 18.2 Å². The number of rotatable bonds is 6. The second-order valence-corrected chi connectivity index (χ2v) is 5.16. The summed E-state index contributed by atoms with van der Waals surface area (Å²) in [6.45, 7) is 1.85. The average Bonchev–Trinajstić information content (AvgIpc) is 2.97. The normalized spacial score (nSPS) is 21.1. The van der Waals surface area contributed by atoms with Crippen molar-refractivity contribution in [2.45, 2.75) is 6.42 Å².